The van der Waals surface area contributed by atoms with E-state index < -0.39 is 6.09 Å². The molecule has 80 valence electrons. The highest BCUT2D eigenvalue weighted by molar-refractivity contribution is 6.17. The number of carbonyl (C=O) groups is 1. The number of nitrogens with zero attached hydrogens (tertiary/aromatic N) is 1. The Hall–Kier alpha value is -1.22. The molecule has 0 saturated carbocycles. The summed E-state index contributed by atoms with van der Waals surface area (Å²) in [6.07, 6.45) is -0.0542. The van der Waals surface area contributed by atoms with Crippen molar-refractivity contribution in [3.8, 4) is 0 Å². The molecule has 0 fully saturated rings. The van der Waals surface area contributed by atoms with Crippen LogP contribution in [-0.2, 0) is 18.8 Å². The molecule has 0 radical (unpaired) electrons. The second kappa shape index (κ2) is 4.11. The van der Waals surface area contributed by atoms with Gasteiger partial charge in [-0.2, -0.15) is 0 Å². The zero-order chi connectivity index (χ0) is 10.8. The van der Waals surface area contributed by atoms with Gasteiger partial charge < -0.3 is 10.0 Å². The van der Waals surface area contributed by atoms with Crippen LogP contribution in [0.3, 0.4) is 0 Å². The third-order valence-corrected chi connectivity index (χ3v) is 3.02. The van der Waals surface area contributed by atoms with Crippen LogP contribution >= 0.6 is 11.6 Å². The van der Waals surface area contributed by atoms with E-state index in [2.05, 4.69) is 0 Å². The van der Waals surface area contributed by atoms with Crippen LogP contribution in [0.1, 0.15) is 16.7 Å². The van der Waals surface area contributed by atoms with Crippen molar-refractivity contribution in [1.29, 1.82) is 0 Å². The number of hydrogen-bond acceptors (Lipinski definition) is 1. The van der Waals surface area contributed by atoms with Gasteiger partial charge in [0.25, 0.3) is 0 Å². The van der Waals surface area contributed by atoms with Gasteiger partial charge in [0.1, 0.15) is 0 Å². The average Bonchev–Trinajstić information content (AvgIpc) is 2.27. The summed E-state index contributed by atoms with van der Waals surface area (Å²) in [6.45, 7) is 1.07. The van der Waals surface area contributed by atoms with Crippen LogP contribution in [0, 0.1) is 0 Å². The summed E-state index contributed by atoms with van der Waals surface area (Å²) >= 11 is 5.74. The lowest BCUT2D eigenvalue weighted by molar-refractivity contribution is 0.140. The predicted molar refractivity (Wildman–Crippen MR) is 58.1 cm³/mol. The van der Waals surface area contributed by atoms with E-state index in [1.807, 2.05) is 18.2 Å². The van der Waals surface area contributed by atoms with E-state index in [1.54, 1.807) is 0 Å². The van der Waals surface area contributed by atoms with Crippen molar-refractivity contribution in [2.24, 2.45) is 0 Å². The standard InChI is InChI=1S/C11H12ClNO2/c12-6-8-1-2-9-3-4-13(11(14)15)7-10(9)5-8/h1-2,5H,3-4,6-7H2,(H,14,15). The third-order valence-electron chi connectivity index (χ3n) is 2.71. The van der Waals surface area contributed by atoms with E-state index in [9.17, 15) is 4.79 Å². The molecule has 1 aliphatic rings. The van der Waals surface area contributed by atoms with E-state index in [0.717, 1.165) is 17.5 Å². The van der Waals surface area contributed by atoms with Gasteiger partial charge in [-0.1, -0.05) is 18.2 Å². The van der Waals surface area contributed by atoms with Crippen molar-refractivity contribution in [2.75, 3.05) is 6.54 Å². The van der Waals surface area contributed by atoms with E-state index in [1.165, 1.54) is 10.5 Å². The highest BCUT2D eigenvalue weighted by atomic mass is 35.5. The van der Waals surface area contributed by atoms with Gasteiger partial charge >= 0.3 is 6.09 Å². The van der Waals surface area contributed by atoms with Crippen LogP contribution in [0.2, 0.25) is 0 Å². The third kappa shape index (κ3) is 2.07. The van der Waals surface area contributed by atoms with E-state index in [4.69, 9.17) is 16.7 Å². The van der Waals surface area contributed by atoms with Gasteiger partial charge in [0.05, 0.1) is 0 Å². The average molecular weight is 226 g/mol. The molecule has 4 heteroatoms. The Morgan fingerprint density at radius 2 is 2.27 bits per heavy atom. The molecule has 1 aliphatic heterocycles. The quantitative estimate of drug-likeness (QED) is 0.746. The van der Waals surface area contributed by atoms with Crippen molar-refractivity contribution < 1.29 is 9.90 Å². The Kier molecular flexibility index (Phi) is 2.82. The second-order valence-corrected chi connectivity index (χ2v) is 3.96. The minimum Gasteiger partial charge on any atom is -0.465 e. The second-order valence-electron chi connectivity index (χ2n) is 3.69. The smallest absolute Gasteiger partial charge is 0.407 e. The largest absolute Gasteiger partial charge is 0.465 e. The van der Waals surface area contributed by atoms with Crippen molar-refractivity contribution in [3.05, 3.63) is 34.9 Å². The number of fused-ring (bicyclic) bond motifs is 1. The Balaban J connectivity index is 2.27. The fraction of sp³-hybridized carbons (Fsp3) is 0.364. The van der Waals surface area contributed by atoms with Crippen LogP contribution in [0.15, 0.2) is 18.2 Å². The molecule has 0 aliphatic carbocycles. The maximum Gasteiger partial charge on any atom is 0.407 e. The number of carboxylic acid groups (broad SMARTS) is 1. The lowest BCUT2D eigenvalue weighted by atomic mass is 9.98. The van der Waals surface area contributed by atoms with Gasteiger partial charge in [0, 0.05) is 19.0 Å². The lowest BCUT2D eigenvalue weighted by Gasteiger charge is -2.26. The number of rotatable bonds is 1. The van der Waals surface area contributed by atoms with Gasteiger partial charge in [-0.3, -0.25) is 0 Å². The molecular formula is C11H12ClNO2. The van der Waals surface area contributed by atoms with Gasteiger partial charge in [-0.05, 0) is 23.1 Å². The zero-order valence-corrected chi connectivity index (χ0v) is 9.00. The molecule has 1 aromatic carbocycles. The first kappa shape index (κ1) is 10.3. The number of amides is 1. The molecule has 1 heterocycles. The van der Waals surface area contributed by atoms with Crippen LogP contribution < -0.4 is 0 Å². The summed E-state index contributed by atoms with van der Waals surface area (Å²) in [5, 5.41) is 8.89. The molecule has 0 saturated heterocycles. The van der Waals surface area contributed by atoms with Crippen molar-refractivity contribution in [3.63, 3.8) is 0 Å². The van der Waals surface area contributed by atoms with Crippen LogP contribution in [-0.4, -0.2) is 22.6 Å². The van der Waals surface area contributed by atoms with E-state index >= 15 is 0 Å². The number of benzene rings is 1. The number of hydrogen-bond donors (Lipinski definition) is 1. The van der Waals surface area contributed by atoms with Crippen LogP contribution in [0.5, 0.6) is 0 Å². The lowest BCUT2D eigenvalue weighted by Crippen LogP contribution is -2.34. The molecule has 1 amide bonds. The molecule has 3 nitrogen and oxygen atoms in total. The maximum absolute atomic E-state index is 10.8. The Bertz CT molecular complexity index is 392. The summed E-state index contributed by atoms with van der Waals surface area (Å²) in [5.41, 5.74) is 3.37. The van der Waals surface area contributed by atoms with E-state index in [0.29, 0.717) is 19.0 Å². The van der Waals surface area contributed by atoms with Gasteiger partial charge in [-0.15, -0.1) is 11.6 Å². The fourth-order valence-corrected chi connectivity index (χ4v) is 2.02. The number of halogens is 1. The van der Waals surface area contributed by atoms with Gasteiger partial charge in [0.15, 0.2) is 0 Å². The van der Waals surface area contributed by atoms with Crippen molar-refractivity contribution in [1.82, 2.24) is 4.90 Å². The summed E-state index contributed by atoms with van der Waals surface area (Å²) in [7, 11) is 0. The summed E-state index contributed by atoms with van der Waals surface area (Å²) in [4.78, 5) is 12.2. The number of alkyl halides is 1. The monoisotopic (exact) mass is 225 g/mol. The molecule has 0 bridgehead atoms. The van der Waals surface area contributed by atoms with Crippen LogP contribution in [0.4, 0.5) is 4.79 Å². The molecule has 0 atom stereocenters. The van der Waals surface area contributed by atoms with Crippen molar-refractivity contribution in [2.45, 2.75) is 18.8 Å². The minimum absolute atomic E-state index is 0.473. The first-order valence-corrected chi connectivity index (χ1v) is 5.38. The summed E-state index contributed by atoms with van der Waals surface area (Å²) < 4.78 is 0. The molecule has 0 aromatic heterocycles. The van der Waals surface area contributed by atoms with Crippen molar-refractivity contribution >= 4 is 17.7 Å². The molecule has 0 unspecified atom stereocenters. The predicted octanol–water partition coefficient (Wildman–Crippen LogP) is 2.46. The molecule has 0 spiro atoms. The Morgan fingerprint density at radius 1 is 1.47 bits per heavy atom. The van der Waals surface area contributed by atoms with Gasteiger partial charge in [0.2, 0.25) is 0 Å². The zero-order valence-electron chi connectivity index (χ0n) is 8.24. The Morgan fingerprint density at radius 3 is 2.93 bits per heavy atom. The highest BCUT2D eigenvalue weighted by Crippen LogP contribution is 2.21. The first-order chi connectivity index (χ1) is 7.20. The maximum atomic E-state index is 10.8. The minimum atomic E-state index is -0.850. The van der Waals surface area contributed by atoms with E-state index in [-0.39, 0.29) is 0 Å². The van der Waals surface area contributed by atoms with Gasteiger partial charge in [-0.25, -0.2) is 4.79 Å². The molecule has 2 rings (SSSR count). The molecule has 1 N–H and O–H groups in total. The molecular weight excluding hydrogens is 214 g/mol. The van der Waals surface area contributed by atoms with Crippen LogP contribution in [0.25, 0.3) is 0 Å². The summed E-state index contributed by atoms with van der Waals surface area (Å²) in [6, 6.07) is 6.05. The normalized spacial score (nSPS) is 14.9. The topological polar surface area (TPSA) is 40.5 Å². The summed E-state index contributed by atoms with van der Waals surface area (Å²) in [5.74, 6) is 0.473. The SMILES string of the molecule is O=C(O)N1CCc2ccc(CCl)cc2C1. The highest BCUT2D eigenvalue weighted by Gasteiger charge is 2.19. The first-order valence-electron chi connectivity index (χ1n) is 4.85. The Labute approximate surface area is 93.3 Å². The molecule has 1 aromatic rings. The fourth-order valence-electron chi connectivity index (χ4n) is 1.86. The molecule has 15 heavy (non-hydrogen) atoms.